The fourth-order valence-corrected chi connectivity index (χ4v) is 5.34. The van der Waals surface area contributed by atoms with Gasteiger partial charge >= 0.3 is 0 Å². The average Bonchev–Trinajstić information content (AvgIpc) is 3.16. The molecule has 5 nitrogen and oxygen atoms in total. The maximum atomic E-state index is 12.7. The van der Waals surface area contributed by atoms with E-state index in [4.69, 9.17) is 0 Å². The summed E-state index contributed by atoms with van der Waals surface area (Å²) in [7, 11) is 0. The van der Waals surface area contributed by atoms with Gasteiger partial charge in [0.05, 0.1) is 16.9 Å². The first kappa shape index (κ1) is 21.3. The lowest BCUT2D eigenvalue weighted by Crippen LogP contribution is -2.16. The Bertz CT molecular complexity index is 1290. The highest BCUT2D eigenvalue weighted by molar-refractivity contribution is 7.99. The van der Waals surface area contributed by atoms with Crippen LogP contribution in [0.2, 0.25) is 0 Å². The van der Waals surface area contributed by atoms with Crippen molar-refractivity contribution in [3.05, 3.63) is 80.7 Å². The van der Waals surface area contributed by atoms with E-state index >= 15 is 0 Å². The Morgan fingerprint density at radius 3 is 2.55 bits per heavy atom. The van der Waals surface area contributed by atoms with Crippen LogP contribution in [0.3, 0.4) is 0 Å². The molecule has 0 atom stereocenters. The van der Waals surface area contributed by atoms with Crippen LogP contribution < -0.4 is 10.9 Å². The molecule has 4 aromatic rings. The Morgan fingerprint density at radius 2 is 1.84 bits per heavy atom. The molecule has 31 heavy (non-hydrogen) atoms. The Kier molecular flexibility index (Phi) is 6.25. The fourth-order valence-electron chi connectivity index (χ4n) is 3.69. The monoisotopic (exact) mass is 449 g/mol. The quantitative estimate of drug-likeness (QED) is 0.410. The van der Waals surface area contributed by atoms with Gasteiger partial charge in [0.15, 0.2) is 0 Å². The molecule has 158 valence electrons. The number of H-pyrrole nitrogens is 1. The summed E-state index contributed by atoms with van der Waals surface area (Å²) in [6.07, 6.45) is 0. The number of nitrogens with zero attached hydrogens (tertiary/aromatic N) is 1. The minimum absolute atomic E-state index is 0.0639. The topological polar surface area (TPSA) is 74.8 Å². The van der Waals surface area contributed by atoms with Gasteiger partial charge in [0, 0.05) is 16.6 Å². The molecule has 2 aromatic carbocycles. The van der Waals surface area contributed by atoms with Crippen molar-refractivity contribution in [3.8, 4) is 11.1 Å². The van der Waals surface area contributed by atoms with Crippen LogP contribution in [-0.2, 0) is 10.5 Å². The molecule has 0 aliphatic rings. The molecule has 0 unspecified atom stereocenters. The summed E-state index contributed by atoms with van der Waals surface area (Å²) in [5, 5.41) is 5.59. The third-order valence-corrected chi connectivity index (χ3v) is 6.81. The van der Waals surface area contributed by atoms with Gasteiger partial charge in [-0.25, -0.2) is 4.98 Å². The Morgan fingerprint density at radius 1 is 1.13 bits per heavy atom. The molecule has 7 heteroatoms. The van der Waals surface area contributed by atoms with Gasteiger partial charge in [-0.15, -0.1) is 23.1 Å². The average molecular weight is 450 g/mol. The number of nitrogens with one attached hydrogen (secondary N) is 2. The number of hydrogen-bond acceptors (Lipinski definition) is 5. The number of aryl methyl sites for hydroxylation is 3. The second-order valence-electron chi connectivity index (χ2n) is 7.52. The van der Waals surface area contributed by atoms with Gasteiger partial charge in [-0.1, -0.05) is 48.0 Å². The molecule has 2 heterocycles. The van der Waals surface area contributed by atoms with Crippen LogP contribution in [0.15, 0.2) is 52.6 Å². The summed E-state index contributed by atoms with van der Waals surface area (Å²) in [6, 6.07) is 14.0. The van der Waals surface area contributed by atoms with Gasteiger partial charge in [-0.3, -0.25) is 9.59 Å². The van der Waals surface area contributed by atoms with Crippen molar-refractivity contribution in [1.29, 1.82) is 0 Å². The highest BCUT2D eigenvalue weighted by Gasteiger charge is 2.14. The fraction of sp³-hybridized carbons (Fsp3) is 0.208. The number of anilines is 1. The van der Waals surface area contributed by atoms with Crippen molar-refractivity contribution in [3.63, 3.8) is 0 Å². The maximum absolute atomic E-state index is 12.7. The highest BCUT2D eigenvalue weighted by atomic mass is 32.2. The van der Waals surface area contributed by atoms with E-state index in [2.05, 4.69) is 27.4 Å². The van der Waals surface area contributed by atoms with Crippen LogP contribution in [0, 0.1) is 20.8 Å². The van der Waals surface area contributed by atoms with E-state index in [1.807, 2.05) is 56.5 Å². The minimum Gasteiger partial charge on any atom is -0.325 e. The molecule has 2 N–H and O–H groups in total. The largest absolute Gasteiger partial charge is 0.325 e. The molecule has 0 radical (unpaired) electrons. The smallest absolute Gasteiger partial charge is 0.260 e. The van der Waals surface area contributed by atoms with E-state index < -0.39 is 0 Å². The van der Waals surface area contributed by atoms with Crippen LogP contribution in [0.4, 0.5) is 5.69 Å². The van der Waals surface area contributed by atoms with Crippen molar-refractivity contribution >= 4 is 44.9 Å². The number of rotatable bonds is 6. The Balaban J connectivity index is 1.43. The number of thiophene rings is 1. The lowest BCUT2D eigenvalue weighted by molar-refractivity contribution is -0.113. The summed E-state index contributed by atoms with van der Waals surface area (Å²) in [4.78, 5) is 33.3. The maximum Gasteiger partial charge on any atom is 0.260 e. The van der Waals surface area contributed by atoms with E-state index in [0.717, 1.165) is 27.9 Å². The van der Waals surface area contributed by atoms with Gasteiger partial charge in [0.25, 0.3) is 5.56 Å². The Labute approximate surface area is 188 Å². The van der Waals surface area contributed by atoms with Gasteiger partial charge in [-0.2, -0.15) is 0 Å². The van der Waals surface area contributed by atoms with Crippen molar-refractivity contribution in [2.24, 2.45) is 0 Å². The molecule has 0 fully saturated rings. The normalized spacial score (nSPS) is 11.1. The summed E-state index contributed by atoms with van der Waals surface area (Å²) >= 11 is 2.89. The van der Waals surface area contributed by atoms with Crippen LogP contribution in [-0.4, -0.2) is 21.6 Å². The molecule has 4 rings (SSSR count). The number of thioether (sulfide) groups is 1. The molecule has 1 amide bonds. The van der Waals surface area contributed by atoms with Gasteiger partial charge in [-0.05, 0) is 37.5 Å². The van der Waals surface area contributed by atoms with Crippen molar-refractivity contribution < 1.29 is 4.79 Å². The lowest BCUT2D eigenvalue weighted by atomic mass is 10.1. The van der Waals surface area contributed by atoms with Crippen LogP contribution in [0.25, 0.3) is 21.3 Å². The molecular formula is C24H23N3O2S2. The molecule has 0 spiro atoms. The molecule has 2 aromatic heterocycles. The number of aromatic nitrogens is 2. The van der Waals surface area contributed by atoms with Gasteiger partial charge in [0.2, 0.25) is 5.91 Å². The molecule has 0 aliphatic carbocycles. The standard InChI is InChI=1S/C24H23N3O2S2/c1-14-9-15(2)22(16(3)10-14)27-20(28)13-30-12-19-25-23(29)21-18(11-31-24(21)26-19)17-7-5-4-6-8-17/h4-11H,12-13H2,1-3H3,(H,27,28)(H,25,26,29). The van der Waals surface area contributed by atoms with E-state index in [9.17, 15) is 9.59 Å². The number of aromatic amines is 1. The summed E-state index contributed by atoms with van der Waals surface area (Å²) < 4.78 is 0. The predicted molar refractivity (Wildman–Crippen MR) is 131 cm³/mol. The van der Waals surface area contributed by atoms with E-state index in [1.54, 1.807) is 0 Å². The van der Waals surface area contributed by atoms with E-state index in [1.165, 1.54) is 28.7 Å². The first-order valence-corrected chi connectivity index (χ1v) is 12.0. The minimum atomic E-state index is -0.143. The zero-order valence-corrected chi connectivity index (χ0v) is 19.2. The summed E-state index contributed by atoms with van der Waals surface area (Å²) in [5.41, 5.74) is 5.92. The summed E-state index contributed by atoms with van der Waals surface area (Å²) in [5.74, 6) is 1.27. The first-order valence-electron chi connectivity index (χ1n) is 9.93. The predicted octanol–water partition coefficient (Wildman–Crippen LogP) is 5.45. The second-order valence-corrected chi connectivity index (χ2v) is 9.37. The second kappa shape index (κ2) is 9.08. The Hall–Kier alpha value is -2.90. The molecule has 0 bridgehead atoms. The number of amides is 1. The van der Waals surface area contributed by atoms with E-state index in [-0.39, 0.29) is 17.2 Å². The van der Waals surface area contributed by atoms with Crippen molar-refractivity contribution in [1.82, 2.24) is 9.97 Å². The third kappa shape index (κ3) is 4.73. The van der Waals surface area contributed by atoms with Crippen LogP contribution in [0.1, 0.15) is 22.5 Å². The zero-order chi connectivity index (χ0) is 22.0. The van der Waals surface area contributed by atoms with Crippen molar-refractivity contribution in [2.45, 2.75) is 26.5 Å². The molecule has 0 saturated carbocycles. The van der Waals surface area contributed by atoms with Gasteiger partial charge < -0.3 is 10.3 Å². The number of carbonyl (C=O) groups is 1. The van der Waals surface area contributed by atoms with Crippen LogP contribution in [0.5, 0.6) is 0 Å². The summed E-state index contributed by atoms with van der Waals surface area (Å²) in [6.45, 7) is 6.04. The number of benzene rings is 2. The molecular weight excluding hydrogens is 426 g/mol. The lowest BCUT2D eigenvalue weighted by Gasteiger charge is -2.12. The van der Waals surface area contributed by atoms with Crippen molar-refractivity contribution in [2.75, 3.05) is 11.1 Å². The van der Waals surface area contributed by atoms with Crippen LogP contribution >= 0.6 is 23.1 Å². The SMILES string of the molecule is Cc1cc(C)c(NC(=O)CSCc2nc3scc(-c4ccccc4)c3c(=O)[nH]2)c(C)c1. The number of carbonyl (C=O) groups excluding carboxylic acids is 1. The first-order chi connectivity index (χ1) is 14.9. The number of hydrogen-bond donors (Lipinski definition) is 2. The highest BCUT2D eigenvalue weighted by Crippen LogP contribution is 2.30. The van der Waals surface area contributed by atoms with Gasteiger partial charge in [0.1, 0.15) is 10.7 Å². The van der Waals surface area contributed by atoms with E-state index in [0.29, 0.717) is 21.8 Å². The number of fused-ring (bicyclic) bond motifs is 1. The zero-order valence-electron chi connectivity index (χ0n) is 17.6. The third-order valence-electron chi connectivity index (χ3n) is 4.99. The molecule has 0 saturated heterocycles. The molecule has 0 aliphatic heterocycles.